The zero-order chi connectivity index (χ0) is 17.7. The van der Waals surface area contributed by atoms with Gasteiger partial charge in [-0.1, -0.05) is 30.3 Å². The molecular weight excluding hydrogens is 304 g/mol. The second kappa shape index (κ2) is 7.34. The summed E-state index contributed by atoms with van der Waals surface area (Å²) in [5.41, 5.74) is 2.62. The highest BCUT2D eigenvalue weighted by Crippen LogP contribution is 2.10. The topological polar surface area (TPSA) is 71.2 Å². The monoisotopic (exact) mass is 328 g/mol. The first kappa shape index (κ1) is 17.8. The summed E-state index contributed by atoms with van der Waals surface area (Å²) in [4.78, 5) is 26.9. The number of hydrogen-bond donors (Lipinski definition) is 2. The van der Waals surface area contributed by atoms with Crippen LogP contribution >= 0.6 is 0 Å². The van der Waals surface area contributed by atoms with Gasteiger partial charge in [-0.3, -0.25) is 4.79 Å². The van der Waals surface area contributed by atoms with Crippen LogP contribution in [-0.2, 0) is 17.7 Å². The Morgan fingerprint density at radius 2 is 1.88 bits per heavy atom. The van der Waals surface area contributed by atoms with Gasteiger partial charge in [0.25, 0.3) is 5.56 Å². The Hall–Kier alpha value is -2.56. The summed E-state index contributed by atoms with van der Waals surface area (Å²) in [5.74, 6) is 0. The smallest absolute Gasteiger partial charge is 0.407 e. The number of alkyl carbamates (subject to hydrolysis) is 1. The number of rotatable bonds is 4. The van der Waals surface area contributed by atoms with Crippen LogP contribution in [0.25, 0.3) is 0 Å². The largest absolute Gasteiger partial charge is 0.444 e. The number of hydrogen-bond acceptors (Lipinski definition) is 3. The van der Waals surface area contributed by atoms with Crippen molar-refractivity contribution in [2.75, 3.05) is 0 Å². The van der Waals surface area contributed by atoms with Crippen molar-refractivity contribution in [2.45, 2.75) is 46.3 Å². The summed E-state index contributed by atoms with van der Waals surface area (Å²) < 4.78 is 5.18. The summed E-state index contributed by atoms with van der Waals surface area (Å²) >= 11 is 0. The molecule has 0 aliphatic carbocycles. The van der Waals surface area contributed by atoms with Crippen molar-refractivity contribution >= 4 is 6.09 Å². The molecule has 0 bridgehead atoms. The number of carbonyl (C=O) groups excluding carboxylic acids is 1. The van der Waals surface area contributed by atoms with Gasteiger partial charge in [-0.2, -0.15) is 0 Å². The lowest BCUT2D eigenvalue weighted by molar-refractivity contribution is 0.0523. The lowest BCUT2D eigenvalue weighted by Gasteiger charge is -2.19. The van der Waals surface area contributed by atoms with E-state index in [1.807, 2.05) is 43.3 Å². The Labute approximate surface area is 142 Å². The minimum absolute atomic E-state index is 0.141. The molecule has 1 aromatic heterocycles. The predicted octanol–water partition coefficient (Wildman–Crippen LogP) is 3.30. The molecule has 1 heterocycles. The number of aromatic nitrogens is 1. The Morgan fingerprint density at radius 1 is 1.21 bits per heavy atom. The normalized spacial score (nSPS) is 11.2. The first-order valence-corrected chi connectivity index (χ1v) is 7.97. The number of carbonyl (C=O) groups is 1. The molecule has 0 fully saturated rings. The van der Waals surface area contributed by atoms with Crippen LogP contribution in [0.4, 0.5) is 4.79 Å². The van der Waals surface area contributed by atoms with Crippen LogP contribution in [0.3, 0.4) is 0 Å². The van der Waals surface area contributed by atoms with Crippen LogP contribution in [0.2, 0.25) is 0 Å². The van der Waals surface area contributed by atoms with Crippen LogP contribution in [0.15, 0.2) is 41.2 Å². The van der Waals surface area contributed by atoms with Crippen molar-refractivity contribution in [3.8, 4) is 0 Å². The van der Waals surface area contributed by atoms with Crippen molar-refractivity contribution in [3.63, 3.8) is 0 Å². The Kier molecular flexibility index (Phi) is 5.44. The number of pyridine rings is 1. The number of benzene rings is 1. The van der Waals surface area contributed by atoms with E-state index in [1.54, 1.807) is 20.8 Å². The maximum absolute atomic E-state index is 12.3. The van der Waals surface area contributed by atoms with Gasteiger partial charge in [-0.05, 0) is 44.9 Å². The van der Waals surface area contributed by atoms with E-state index in [4.69, 9.17) is 4.74 Å². The van der Waals surface area contributed by atoms with Gasteiger partial charge in [0.15, 0.2) is 0 Å². The molecule has 0 spiro atoms. The van der Waals surface area contributed by atoms with E-state index < -0.39 is 11.7 Å². The highest BCUT2D eigenvalue weighted by atomic mass is 16.6. The molecule has 0 saturated heterocycles. The Bertz CT molecular complexity index is 758. The van der Waals surface area contributed by atoms with E-state index in [0.29, 0.717) is 12.0 Å². The third-order valence-electron chi connectivity index (χ3n) is 3.46. The average Bonchev–Trinajstić information content (AvgIpc) is 2.45. The van der Waals surface area contributed by atoms with E-state index in [1.165, 1.54) is 0 Å². The van der Waals surface area contributed by atoms with Gasteiger partial charge in [-0.15, -0.1) is 0 Å². The van der Waals surface area contributed by atoms with Crippen molar-refractivity contribution in [1.82, 2.24) is 10.3 Å². The van der Waals surface area contributed by atoms with Crippen LogP contribution in [0.1, 0.15) is 43.2 Å². The second-order valence-corrected chi connectivity index (χ2v) is 6.80. The summed E-state index contributed by atoms with van der Waals surface area (Å²) in [6.45, 7) is 7.40. The summed E-state index contributed by atoms with van der Waals surface area (Å²) in [6, 6.07) is 11.9. The average molecular weight is 328 g/mol. The summed E-state index contributed by atoms with van der Waals surface area (Å²) in [7, 11) is 0. The fourth-order valence-electron chi connectivity index (χ4n) is 2.39. The van der Waals surface area contributed by atoms with E-state index in [9.17, 15) is 9.59 Å². The van der Waals surface area contributed by atoms with E-state index >= 15 is 0 Å². The zero-order valence-electron chi connectivity index (χ0n) is 14.6. The van der Waals surface area contributed by atoms with Crippen LogP contribution < -0.4 is 10.9 Å². The molecule has 5 heteroatoms. The van der Waals surface area contributed by atoms with E-state index in [0.717, 1.165) is 16.8 Å². The molecule has 0 aliphatic heterocycles. The van der Waals surface area contributed by atoms with Crippen LogP contribution in [-0.4, -0.2) is 16.7 Å². The quantitative estimate of drug-likeness (QED) is 0.904. The number of aromatic amines is 1. The van der Waals surface area contributed by atoms with Gasteiger partial charge in [0.1, 0.15) is 5.60 Å². The standard InChI is InChI=1S/C19H24N2O3/c1-13-10-15(11-14-8-6-5-7-9-14)21-17(22)16(13)12-20-18(23)24-19(2,3)4/h5-10H,11-12H2,1-4H3,(H,20,23)(H,21,22). The molecule has 0 saturated carbocycles. The molecule has 2 rings (SSSR count). The molecule has 2 aromatic rings. The number of ether oxygens (including phenoxy) is 1. The number of aryl methyl sites for hydroxylation is 1. The van der Waals surface area contributed by atoms with Gasteiger partial charge < -0.3 is 15.0 Å². The van der Waals surface area contributed by atoms with Crippen LogP contribution in [0.5, 0.6) is 0 Å². The molecular formula is C19H24N2O3. The molecule has 5 nitrogen and oxygen atoms in total. The maximum Gasteiger partial charge on any atom is 0.407 e. The highest BCUT2D eigenvalue weighted by Gasteiger charge is 2.16. The van der Waals surface area contributed by atoms with Crippen molar-refractivity contribution in [3.05, 3.63) is 69.1 Å². The number of H-pyrrole nitrogens is 1. The fourth-order valence-corrected chi connectivity index (χ4v) is 2.39. The molecule has 24 heavy (non-hydrogen) atoms. The molecule has 0 atom stereocenters. The number of amides is 1. The van der Waals surface area contributed by atoms with Gasteiger partial charge in [0.05, 0.1) is 6.54 Å². The zero-order valence-corrected chi connectivity index (χ0v) is 14.6. The van der Waals surface area contributed by atoms with Gasteiger partial charge >= 0.3 is 6.09 Å². The molecule has 0 unspecified atom stereocenters. The molecule has 0 radical (unpaired) electrons. The fraction of sp³-hybridized carbons (Fsp3) is 0.368. The minimum Gasteiger partial charge on any atom is -0.444 e. The SMILES string of the molecule is Cc1cc(Cc2ccccc2)[nH]c(=O)c1CNC(=O)OC(C)(C)C. The Morgan fingerprint density at radius 3 is 2.46 bits per heavy atom. The maximum atomic E-state index is 12.3. The summed E-state index contributed by atoms with van der Waals surface area (Å²) in [6.07, 6.45) is 0.131. The lowest BCUT2D eigenvalue weighted by Crippen LogP contribution is -2.34. The van der Waals surface area contributed by atoms with E-state index in [-0.39, 0.29) is 12.1 Å². The minimum atomic E-state index is -0.564. The van der Waals surface area contributed by atoms with Crippen molar-refractivity contribution in [2.24, 2.45) is 0 Å². The number of nitrogens with one attached hydrogen (secondary N) is 2. The first-order chi connectivity index (χ1) is 11.2. The second-order valence-electron chi connectivity index (χ2n) is 6.80. The van der Waals surface area contributed by atoms with Crippen molar-refractivity contribution in [1.29, 1.82) is 0 Å². The molecule has 1 amide bonds. The molecule has 128 valence electrons. The highest BCUT2D eigenvalue weighted by molar-refractivity contribution is 5.67. The predicted molar refractivity (Wildman–Crippen MR) is 94.1 cm³/mol. The van der Waals surface area contributed by atoms with Crippen molar-refractivity contribution < 1.29 is 9.53 Å². The Balaban J connectivity index is 2.07. The lowest BCUT2D eigenvalue weighted by atomic mass is 10.1. The molecule has 1 aromatic carbocycles. The van der Waals surface area contributed by atoms with E-state index in [2.05, 4.69) is 10.3 Å². The summed E-state index contributed by atoms with van der Waals surface area (Å²) in [5, 5.41) is 2.63. The third-order valence-corrected chi connectivity index (χ3v) is 3.46. The molecule has 2 N–H and O–H groups in total. The van der Waals surface area contributed by atoms with Gasteiger partial charge in [0, 0.05) is 17.7 Å². The first-order valence-electron chi connectivity index (χ1n) is 7.97. The van der Waals surface area contributed by atoms with Crippen LogP contribution in [0, 0.1) is 6.92 Å². The van der Waals surface area contributed by atoms with Gasteiger partial charge in [0.2, 0.25) is 0 Å². The van der Waals surface area contributed by atoms with Gasteiger partial charge in [-0.25, -0.2) is 4.79 Å². The molecule has 0 aliphatic rings. The third kappa shape index (κ3) is 5.26.